The lowest BCUT2D eigenvalue weighted by Gasteiger charge is -2.32. The Morgan fingerprint density at radius 1 is 1.26 bits per heavy atom. The molecule has 0 saturated carbocycles. The van der Waals surface area contributed by atoms with Crippen LogP contribution < -0.4 is 4.90 Å². The molecule has 0 aliphatic rings. The minimum absolute atomic E-state index is 0.0133. The standard InChI is InChI=1S/C16H24FNO/c1-5-8-14(9-6-2)18(13(4)19)16-11-7-10-15(17)12(16)3/h7,10-11,14H,5-6,8-9H2,1-4H3. The van der Waals surface area contributed by atoms with E-state index in [9.17, 15) is 9.18 Å². The first kappa shape index (κ1) is 15.7. The maximum atomic E-state index is 13.7. The van der Waals surface area contributed by atoms with Crippen LogP contribution in [0.15, 0.2) is 18.2 Å². The topological polar surface area (TPSA) is 20.3 Å². The lowest BCUT2D eigenvalue weighted by Crippen LogP contribution is -2.39. The van der Waals surface area contributed by atoms with E-state index in [2.05, 4.69) is 13.8 Å². The first-order valence-electron chi connectivity index (χ1n) is 7.07. The molecule has 0 N–H and O–H groups in total. The van der Waals surface area contributed by atoms with E-state index in [0.29, 0.717) is 11.3 Å². The molecule has 2 nitrogen and oxygen atoms in total. The molecular formula is C16H24FNO. The van der Waals surface area contributed by atoms with Crippen LogP contribution in [0.4, 0.5) is 10.1 Å². The lowest BCUT2D eigenvalue weighted by atomic mass is 10.0. The van der Waals surface area contributed by atoms with Crippen molar-refractivity contribution in [3.8, 4) is 0 Å². The zero-order valence-electron chi connectivity index (χ0n) is 12.4. The largest absolute Gasteiger partial charge is 0.309 e. The van der Waals surface area contributed by atoms with Crippen LogP contribution in [0.1, 0.15) is 52.0 Å². The van der Waals surface area contributed by atoms with Gasteiger partial charge < -0.3 is 4.90 Å². The molecule has 1 amide bonds. The zero-order chi connectivity index (χ0) is 14.4. The van der Waals surface area contributed by atoms with Gasteiger partial charge in [0, 0.05) is 24.2 Å². The fraction of sp³-hybridized carbons (Fsp3) is 0.562. The molecule has 0 fully saturated rings. The monoisotopic (exact) mass is 265 g/mol. The molecule has 1 aromatic carbocycles. The van der Waals surface area contributed by atoms with Crippen LogP contribution in [0, 0.1) is 12.7 Å². The van der Waals surface area contributed by atoms with Crippen molar-refractivity contribution in [2.24, 2.45) is 0 Å². The van der Waals surface area contributed by atoms with Crippen molar-refractivity contribution in [2.45, 2.75) is 59.4 Å². The van der Waals surface area contributed by atoms with E-state index in [1.54, 1.807) is 24.8 Å². The van der Waals surface area contributed by atoms with E-state index in [4.69, 9.17) is 0 Å². The van der Waals surface area contributed by atoms with Gasteiger partial charge >= 0.3 is 0 Å². The molecule has 0 aliphatic carbocycles. The fourth-order valence-electron chi connectivity index (χ4n) is 2.55. The van der Waals surface area contributed by atoms with Crippen LogP contribution in [0.2, 0.25) is 0 Å². The van der Waals surface area contributed by atoms with Gasteiger partial charge in [0.25, 0.3) is 0 Å². The van der Waals surface area contributed by atoms with E-state index in [1.807, 2.05) is 6.07 Å². The SMILES string of the molecule is CCCC(CCC)N(C(C)=O)c1cccc(F)c1C. The maximum Gasteiger partial charge on any atom is 0.224 e. The third kappa shape index (κ3) is 3.79. The van der Waals surface area contributed by atoms with E-state index in [0.717, 1.165) is 25.7 Å². The minimum Gasteiger partial charge on any atom is -0.309 e. The normalized spacial score (nSPS) is 10.8. The molecule has 1 rings (SSSR count). The summed E-state index contributed by atoms with van der Waals surface area (Å²) in [5, 5.41) is 0. The van der Waals surface area contributed by atoms with Gasteiger partial charge in [-0.3, -0.25) is 4.79 Å². The number of hydrogen-bond donors (Lipinski definition) is 0. The molecule has 3 heteroatoms. The molecule has 0 atom stereocenters. The first-order chi connectivity index (χ1) is 9.02. The average molecular weight is 265 g/mol. The number of rotatable bonds is 6. The molecule has 106 valence electrons. The Balaban J connectivity index is 3.18. The van der Waals surface area contributed by atoms with Gasteiger partial charge in [0.2, 0.25) is 5.91 Å². The molecule has 0 aliphatic heterocycles. The highest BCUT2D eigenvalue weighted by Crippen LogP contribution is 2.27. The van der Waals surface area contributed by atoms with E-state index in [-0.39, 0.29) is 17.8 Å². The second-order valence-corrected chi connectivity index (χ2v) is 5.00. The third-order valence-electron chi connectivity index (χ3n) is 3.45. The van der Waals surface area contributed by atoms with E-state index >= 15 is 0 Å². The van der Waals surface area contributed by atoms with Gasteiger partial charge in [-0.25, -0.2) is 4.39 Å². The highest BCUT2D eigenvalue weighted by Gasteiger charge is 2.23. The summed E-state index contributed by atoms with van der Waals surface area (Å²) >= 11 is 0. The predicted octanol–water partition coefficient (Wildman–Crippen LogP) is 4.46. The van der Waals surface area contributed by atoms with Crippen LogP contribution >= 0.6 is 0 Å². The van der Waals surface area contributed by atoms with Crippen molar-refractivity contribution in [3.63, 3.8) is 0 Å². The molecule has 0 unspecified atom stereocenters. The Morgan fingerprint density at radius 3 is 2.32 bits per heavy atom. The number of carbonyl (C=O) groups is 1. The van der Waals surface area contributed by atoms with Crippen molar-refractivity contribution in [2.75, 3.05) is 4.90 Å². The van der Waals surface area contributed by atoms with Gasteiger partial charge in [0.05, 0.1) is 0 Å². The molecule has 0 bridgehead atoms. The molecular weight excluding hydrogens is 241 g/mol. The summed E-state index contributed by atoms with van der Waals surface area (Å²) in [6.07, 6.45) is 3.93. The number of benzene rings is 1. The van der Waals surface area contributed by atoms with Gasteiger partial charge in [-0.1, -0.05) is 32.8 Å². The zero-order valence-corrected chi connectivity index (χ0v) is 12.4. The minimum atomic E-state index is -0.254. The second kappa shape index (κ2) is 7.27. The Hall–Kier alpha value is -1.38. The van der Waals surface area contributed by atoms with E-state index < -0.39 is 0 Å². The van der Waals surface area contributed by atoms with Crippen molar-refractivity contribution in [1.29, 1.82) is 0 Å². The number of amides is 1. The molecule has 0 heterocycles. The van der Waals surface area contributed by atoms with Crippen LogP contribution in [0.3, 0.4) is 0 Å². The summed E-state index contributed by atoms with van der Waals surface area (Å²) in [6, 6.07) is 5.10. The lowest BCUT2D eigenvalue weighted by molar-refractivity contribution is -0.117. The van der Waals surface area contributed by atoms with Gasteiger partial charge in [0.15, 0.2) is 0 Å². The highest BCUT2D eigenvalue weighted by atomic mass is 19.1. The summed E-state index contributed by atoms with van der Waals surface area (Å²) < 4.78 is 13.7. The molecule has 0 radical (unpaired) electrons. The summed E-state index contributed by atoms with van der Waals surface area (Å²) in [7, 11) is 0. The summed E-state index contributed by atoms with van der Waals surface area (Å²) in [5.74, 6) is -0.268. The highest BCUT2D eigenvalue weighted by molar-refractivity contribution is 5.92. The van der Waals surface area contributed by atoms with Crippen molar-refractivity contribution >= 4 is 11.6 Å². The van der Waals surface area contributed by atoms with Crippen molar-refractivity contribution in [3.05, 3.63) is 29.6 Å². The summed E-state index contributed by atoms with van der Waals surface area (Å²) in [5.41, 5.74) is 1.26. The third-order valence-corrected chi connectivity index (χ3v) is 3.45. The van der Waals surface area contributed by atoms with Crippen LogP contribution in [-0.2, 0) is 4.79 Å². The Labute approximate surface area is 115 Å². The van der Waals surface area contributed by atoms with Gasteiger partial charge in [-0.2, -0.15) is 0 Å². The Morgan fingerprint density at radius 2 is 1.84 bits per heavy atom. The molecule has 1 aromatic rings. The van der Waals surface area contributed by atoms with Gasteiger partial charge in [-0.05, 0) is 31.9 Å². The maximum absolute atomic E-state index is 13.7. The number of carbonyl (C=O) groups excluding carboxylic acids is 1. The van der Waals surface area contributed by atoms with Crippen LogP contribution in [-0.4, -0.2) is 11.9 Å². The Bertz CT molecular complexity index is 425. The van der Waals surface area contributed by atoms with Crippen LogP contribution in [0.5, 0.6) is 0 Å². The quantitative estimate of drug-likeness (QED) is 0.744. The summed E-state index contributed by atoms with van der Waals surface area (Å²) in [6.45, 7) is 7.51. The molecule has 0 spiro atoms. The number of anilines is 1. The number of nitrogens with zero attached hydrogens (tertiary/aromatic N) is 1. The van der Waals surface area contributed by atoms with Crippen molar-refractivity contribution < 1.29 is 9.18 Å². The van der Waals surface area contributed by atoms with Crippen molar-refractivity contribution in [1.82, 2.24) is 0 Å². The molecule has 19 heavy (non-hydrogen) atoms. The second-order valence-electron chi connectivity index (χ2n) is 5.00. The van der Waals surface area contributed by atoms with Gasteiger partial charge in [-0.15, -0.1) is 0 Å². The first-order valence-corrected chi connectivity index (χ1v) is 7.07. The smallest absolute Gasteiger partial charge is 0.224 e. The average Bonchev–Trinajstić information content (AvgIpc) is 2.35. The molecule has 0 saturated heterocycles. The fourth-order valence-corrected chi connectivity index (χ4v) is 2.55. The van der Waals surface area contributed by atoms with E-state index in [1.165, 1.54) is 6.07 Å². The number of hydrogen-bond acceptors (Lipinski definition) is 1. The predicted molar refractivity (Wildman–Crippen MR) is 77.9 cm³/mol. The Kier molecular flexibility index (Phi) is 6.00. The van der Waals surface area contributed by atoms with Crippen LogP contribution in [0.25, 0.3) is 0 Å². The van der Waals surface area contributed by atoms with Gasteiger partial charge in [0.1, 0.15) is 5.82 Å². The summed E-state index contributed by atoms with van der Waals surface area (Å²) in [4.78, 5) is 13.8. The molecule has 0 aromatic heterocycles. The number of halogens is 1.